The molecule has 0 radical (unpaired) electrons. The third kappa shape index (κ3) is 7.71. The minimum absolute atomic E-state index is 0.453. The Balaban J connectivity index is 2.09. The summed E-state index contributed by atoms with van der Waals surface area (Å²) in [4.78, 5) is 8.52. The molecular formula is C13H23N3O3. The fourth-order valence-electron chi connectivity index (χ4n) is 1.31. The van der Waals surface area contributed by atoms with Gasteiger partial charge in [0, 0.05) is 13.7 Å². The summed E-state index contributed by atoms with van der Waals surface area (Å²) in [6, 6.07) is 0. The number of aromatic nitrogens is 2. The quantitative estimate of drug-likeness (QED) is 0.614. The average Bonchev–Trinajstić information content (AvgIpc) is 2.45. The van der Waals surface area contributed by atoms with Crippen LogP contribution in [0.15, 0.2) is 12.4 Å². The van der Waals surface area contributed by atoms with E-state index in [2.05, 4.69) is 22.2 Å². The maximum Gasteiger partial charge on any atom is 0.144 e. The Bertz CT molecular complexity index is 319. The maximum atomic E-state index is 5.43. The molecule has 19 heavy (non-hydrogen) atoms. The van der Waals surface area contributed by atoms with Crippen molar-refractivity contribution in [2.75, 3.05) is 45.4 Å². The normalized spacial score (nSPS) is 10.6. The van der Waals surface area contributed by atoms with E-state index in [-0.39, 0.29) is 0 Å². The van der Waals surface area contributed by atoms with Gasteiger partial charge < -0.3 is 19.5 Å². The third-order valence-electron chi connectivity index (χ3n) is 2.32. The second-order valence-electron chi connectivity index (χ2n) is 3.98. The average molecular weight is 269 g/mol. The van der Waals surface area contributed by atoms with Gasteiger partial charge in [-0.2, -0.15) is 0 Å². The molecule has 0 aliphatic heterocycles. The summed E-state index contributed by atoms with van der Waals surface area (Å²) in [5, 5.41) is 3.17. The summed E-state index contributed by atoms with van der Waals surface area (Å²) in [5.41, 5.74) is 0.818. The molecule has 0 saturated heterocycles. The van der Waals surface area contributed by atoms with Crippen LogP contribution >= 0.6 is 0 Å². The highest BCUT2D eigenvalue weighted by molar-refractivity contribution is 5.30. The number of anilines is 1. The lowest BCUT2D eigenvalue weighted by atomic mass is 10.4. The van der Waals surface area contributed by atoms with Crippen LogP contribution in [0.4, 0.5) is 5.82 Å². The lowest BCUT2D eigenvalue weighted by molar-refractivity contribution is 0.0192. The van der Waals surface area contributed by atoms with E-state index in [0.717, 1.165) is 24.5 Å². The zero-order chi connectivity index (χ0) is 13.8. The van der Waals surface area contributed by atoms with E-state index in [4.69, 9.17) is 14.2 Å². The van der Waals surface area contributed by atoms with Gasteiger partial charge in [-0.3, -0.25) is 4.98 Å². The van der Waals surface area contributed by atoms with E-state index < -0.39 is 0 Å². The maximum absolute atomic E-state index is 5.43. The minimum Gasteiger partial charge on any atom is -0.382 e. The van der Waals surface area contributed by atoms with E-state index in [1.54, 1.807) is 19.5 Å². The number of ether oxygens (including phenoxy) is 3. The molecule has 6 nitrogen and oxygen atoms in total. The molecule has 0 saturated carbocycles. The van der Waals surface area contributed by atoms with Crippen LogP contribution in [0.3, 0.4) is 0 Å². The van der Waals surface area contributed by atoms with E-state index in [1.807, 2.05) is 0 Å². The summed E-state index contributed by atoms with van der Waals surface area (Å²) in [6.07, 6.45) is 4.52. The Morgan fingerprint density at radius 3 is 2.53 bits per heavy atom. The zero-order valence-corrected chi connectivity index (χ0v) is 11.7. The van der Waals surface area contributed by atoms with Crippen molar-refractivity contribution in [2.45, 2.75) is 20.0 Å². The number of nitrogens with one attached hydrogen (secondary N) is 1. The zero-order valence-electron chi connectivity index (χ0n) is 11.7. The van der Waals surface area contributed by atoms with Crippen molar-refractivity contribution in [3.63, 3.8) is 0 Å². The molecule has 1 rings (SSSR count). The highest BCUT2D eigenvalue weighted by atomic mass is 16.5. The first-order valence-electron chi connectivity index (χ1n) is 6.56. The molecule has 6 heteroatoms. The molecule has 1 heterocycles. The lowest BCUT2D eigenvalue weighted by Crippen LogP contribution is -2.09. The number of nitrogens with zero attached hydrogens (tertiary/aromatic N) is 2. The van der Waals surface area contributed by atoms with Gasteiger partial charge in [-0.1, -0.05) is 6.92 Å². The van der Waals surface area contributed by atoms with Crippen molar-refractivity contribution in [3.8, 4) is 0 Å². The second-order valence-corrected chi connectivity index (χ2v) is 3.98. The Hall–Kier alpha value is -1.24. The summed E-state index contributed by atoms with van der Waals surface area (Å²) in [7, 11) is 1.65. The molecule has 0 aliphatic rings. The predicted octanol–water partition coefficient (Wildman–Crippen LogP) is 1.48. The summed E-state index contributed by atoms with van der Waals surface area (Å²) < 4.78 is 15.6. The summed E-state index contributed by atoms with van der Waals surface area (Å²) >= 11 is 0. The Morgan fingerprint density at radius 1 is 1.05 bits per heavy atom. The molecule has 1 aromatic rings. The summed E-state index contributed by atoms with van der Waals surface area (Å²) in [5.74, 6) is 0.800. The number of hydrogen-bond donors (Lipinski definition) is 1. The van der Waals surface area contributed by atoms with Gasteiger partial charge in [0.1, 0.15) is 5.82 Å². The second kappa shape index (κ2) is 10.7. The monoisotopic (exact) mass is 269 g/mol. The van der Waals surface area contributed by atoms with Crippen molar-refractivity contribution < 1.29 is 14.2 Å². The Morgan fingerprint density at radius 2 is 1.84 bits per heavy atom. The molecule has 0 spiro atoms. The Kier molecular flexibility index (Phi) is 8.87. The van der Waals surface area contributed by atoms with Gasteiger partial charge in [-0.05, 0) is 6.42 Å². The Labute approximate surface area is 114 Å². The molecule has 108 valence electrons. The van der Waals surface area contributed by atoms with Gasteiger partial charge in [0.25, 0.3) is 0 Å². The topological polar surface area (TPSA) is 65.5 Å². The number of hydrogen-bond acceptors (Lipinski definition) is 6. The molecule has 0 fully saturated rings. The van der Waals surface area contributed by atoms with Gasteiger partial charge in [0.05, 0.1) is 51.1 Å². The molecule has 0 unspecified atom stereocenters. The first kappa shape index (κ1) is 15.8. The molecule has 1 N–H and O–H groups in total. The molecule has 0 bridgehead atoms. The van der Waals surface area contributed by atoms with Crippen molar-refractivity contribution in [2.24, 2.45) is 0 Å². The van der Waals surface area contributed by atoms with E-state index in [9.17, 15) is 0 Å². The van der Waals surface area contributed by atoms with Gasteiger partial charge in [0.2, 0.25) is 0 Å². The van der Waals surface area contributed by atoms with Crippen molar-refractivity contribution in [1.29, 1.82) is 0 Å². The number of methoxy groups -OCH3 is 1. The molecule has 0 atom stereocenters. The lowest BCUT2D eigenvalue weighted by Gasteiger charge is -2.06. The summed E-state index contributed by atoms with van der Waals surface area (Å²) in [6.45, 7) is 5.78. The first-order valence-corrected chi connectivity index (χ1v) is 6.56. The third-order valence-corrected chi connectivity index (χ3v) is 2.32. The van der Waals surface area contributed by atoms with Crippen molar-refractivity contribution in [3.05, 3.63) is 18.1 Å². The molecule has 0 aliphatic carbocycles. The van der Waals surface area contributed by atoms with Crippen LogP contribution in [-0.2, 0) is 20.8 Å². The smallest absolute Gasteiger partial charge is 0.144 e. The number of rotatable bonds is 11. The van der Waals surface area contributed by atoms with Crippen molar-refractivity contribution >= 4 is 5.82 Å². The van der Waals surface area contributed by atoms with Crippen LogP contribution in [-0.4, -0.2) is 50.1 Å². The standard InChI is InChI=1S/C13H23N3O3/c1-3-4-14-13-10-15-12(9-16-13)11-19-8-7-18-6-5-17-2/h9-10H,3-8,11H2,1-2H3,(H,14,16). The van der Waals surface area contributed by atoms with Crippen LogP contribution in [0.2, 0.25) is 0 Å². The highest BCUT2D eigenvalue weighted by Gasteiger charge is 1.97. The first-order chi connectivity index (χ1) is 9.36. The van der Waals surface area contributed by atoms with E-state index in [0.29, 0.717) is 33.0 Å². The van der Waals surface area contributed by atoms with Crippen LogP contribution in [0.5, 0.6) is 0 Å². The van der Waals surface area contributed by atoms with E-state index >= 15 is 0 Å². The van der Waals surface area contributed by atoms with E-state index in [1.165, 1.54) is 0 Å². The van der Waals surface area contributed by atoms with Crippen LogP contribution < -0.4 is 5.32 Å². The fraction of sp³-hybridized carbons (Fsp3) is 0.692. The van der Waals surface area contributed by atoms with Gasteiger partial charge >= 0.3 is 0 Å². The molecule has 0 aromatic carbocycles. The van der Waals surface area contributed by atoms with Gasteiger partial charge in [-0.25, -0.2) is 4.98 Å². The van der Waals surface area contributed by atoms with Crippen LogP contribution in [0.1, 0.15) is 19.0 Å². The van der Waals surface area contributed by atoms with Gasteiger partial charge in [0.15, 0.2) is 0 Å². The molecule has 0 amide bonds. The van der Waals surface area contributed by atoms with Crippen LogP contribution in [0, 0.1) is 0 Å². The minimum atomic E-state index is 0.453. The largest absolute Gasteiger partial charge is 0.382 e. The van der Waals surface area contributed by atoms with Crippen LogP contribution in [0.25, 0.3) is 0 Å². The molecular weight excluding hydrogens is 246 g/mol. The van der Waals surface area contributed by atoms with Crippen molar-refractivity contribution in [1.82, 2.24) is 9.97 Å². The predicted molar refractivity (Wildman–Crippen MR) is 73.2 cm³/mol. The molecule has 1 aromatic heterocycles. The highest BCUT2D eigenvalue weighted by Crippen LogP contribution is 2.02. The van der Waals surface area contributed by atoms with Gasteiger partial charge in [-0.15, -0.1) is 0 Å². The SMILES string of the molecule is CCCNc1cnc(COCCOCCOC)cn1. The fourth-order valence-corrected chi connectivity index (χ4v) is 1.31.